The van der Waals surface area contributed by atoms with Crippen LogP contribution in [0.2, 0.25) is 0 Å². The number of nitrogen functional groups attached to an aromatic ring is 1. The van der Waals surface area contributed by atoms with E-state index in [2.05, 4.69) is 15.5 Å². The highest BCUT2D eigenvalue weighted by molar-refractivity contribution is 8.00. The number of carbonyl (C=O) groups excluding carboxylic acids is 4. The quantitative estimate of drug-likeness (QED) is 0.122. The number of rotatable bonds is 10. The van der Waals surface area contributed by atoms with Crippen LogP contribution in [-0.4, -0.2) is 96.3 Å². The molecule has 4 heterocycles. The van der Waals surface area contributed by atoms with Crippen LogP contribution in [0.15, 0.2) is 46.3 Å². The van der Waals surface area contributed by atoms with Gasteiger partial charge in [-0.15, -0.1) is 23.1 Å². The number of ether oxygens (including phenoxy) is 2. The monoisotopic (exact) mass is 590 g/mol. The van der Waals surface area contributed by atoms with E-state index >= 15 is 0 Å². The van der Waals surface area contributed by atoms with Crippen molar-refractivity contribution in [2.24, 2.45) is 5.16 Å². The van der Waals surface area contributed by atoms with Gasteiger partial charge in [0.25, 0.3) is 24.5 Å². The second-order valence-corrected chi connectivity index (χ2v) is 10.8. The first-order chi connectivity index (χ1) is 19.2. The van der Waals surface area contributed by atoms with Crippen molar-refractivity contribution in [1.29, 1.82) is 0 Å². The first kappa shape index (κ1) is 29.0. The lowest BCUT2D eigenvalue weighted by Crippen LogP contribution is -2.71. The summed E-state index contributed by atoms with van der Waals surface area (Å²) in [7, 11) is 6.05. The fraction of sp³-hybridized carbons (Fsp3) is 0.375. The van der Waals surface area contributed by atoms with Gasteiger partial charge in [-0.1, -0.05) is 5.16 Å². The van der Waals surface area contributed by atoms with E-state index in [0.29, 0.717) is 16.9 Å². The zero-order chi connectivity index (χ0) is 29.0. The summed E-state index contributed by atoms with van der Waals surface area (Å²) >= 11 is 2.51. The molecule has 14 nitrogen and oxygen atoms in total. The number of carbonyl (C=O) groups is 4. The normalized spacial score (nSPS) is 18.6. The van der Waals surface area contributed by atoms with Gasteiger partial charge in [-0.25, -0.2) is 9.78 Å². The molecule has 16 heteroatoms. The summed E-state index contributed by atoms with van der Waals surface area (Å²) < 4.78 is 12.3. The Bertz CT molecular complexity index is 1390. The first-order valence-electron chi connectivity index (χ1n) is 11.8. The number of hydrogen-bond donors (Lipinski definition) is 2. The highest BCUT2D eigenvalue weighted by Gasteiger charge is 2.54. The number of pyridine rings is 1. The van der Waals surface area contributed by atoms with E-state index in [0.717, 1.165) is 11.3 Å². The number of hydrogen-bond acceptors (Lipinski definition) is 12. The maximum atomic E-state index is 13.3. The molecule has 2 aromatic rings. The number of anilines is 1. The number of aromatic nitrogens is 2. The second-order valence-electron chi connectivity index (χ2n) is 8.81. The summed E-state index contributed by atoms with van der Waals surface area (Å²) in [6, 6.07) is 2.40. The smallest absolute Gasteiger partial charge is 0.359 e. The molecule has 4 rings (SSSR count). The third-order valence-electron chi connectivity index (χ3n) is 5.86. The van der Waals surface area contributed by atoms with Gasteiger partial charge in [-0.2, -0.15) is 4.57 Å². The number of nitrogens with zero attached hydrogens (tertiary/aromatic N) is 5. The van der Waals surface area contributed by atoms with Gasteiger partial charge in [-0.05, 0) is 11.6 Å². The fourth-order valence-electron chi connectivity index (χ4n) is 4.05. The molecule has 0 spiro atoms. The summed E-state index contributed by atoms with van der Waals surface area (Å²) in [4.78, 5) is 63.3. The van der Waals surface area contributed by atoms with E-state index in [1.54, 1.807) is 48.6 Å². The van der Waals surface area contributed by atoms with Crippen LogP contribution in [0.25, 0.3) is 0 Å². The van der Waals surface area contributed by atoms with E-state index in [1.165, 1.54) is 35.8 Å². The molecule has 0 bridgehead atoms. The maximum Gasteiger partial charge on any atom is 0.359 e. The number of methoxy groups -OCH3 is 1. The third kappa shape index (κ3) is 5.93. The summed E-state index contributed by atoms with van der Waals surface area (Å²) in [5.41, 5.74) is 6.82. The molecule has 2 aromatic heterocycles. The Morgan fingerprint density at radius 3 is 2.75 bits per heavy atom. The van der Waals surface area contributed by atoms with Crippen LogP contribution in [-0.2, 0) is 35.4 Å². The molecule has 2 aliphatic rings. The lowest BCUT2D eigenvalue weighted by molar-refractivity contribution is -0.727. The van der Waals surface area contributed by atoms with Crippen molar-refractivity contribution in [2.45, 2.75) is 18.1 Å². The minimum Gasteiger partial charge on any atom is -0.400 e. The molecule has 0 aliphatic carbocycles. The molecule has 40 heavy (non-hydrogen) atoms. The molecule has 212 valence electrons. The molecule has 3 N–H and O–H groups in total. The van der Waals surface area contributed by atoms with E-state index < -0.39 is 29.2 Å². The molecule has 2 aliphatic heterocycles. The van der Waals surface area contributed by atoms with E-state index in [4.69, 9.17) is 20.0 Å². The largest absolute Gasteiger partial charge is 0.400 e. The minimum atomic E-state index is -0.925. The predicted molar refractivity (Wildman–Crippen MR) is 145 cm³/mol. The van der Waals surface area contributed by atoms with E-state index in [9.17, 15) is 19.2 Å². The van der Waals surface area contributed by atoms with Crippen LogP contribution >= 0.6 is 23.1 Å². The molecular formula is C24H28N7O7S2+. The second kappa shape index (κ2) is 12.4. The fourth-order valence-corrected chi connectivity index (χ4v) is 5.92. The molecular weight excluding hydrogens is 562 g/mol. The summed E-state index contributed by atoms with van der Waals surface area (Å²) in [5, 5.41) is 7.64. The zero-order valence-corrected chi connectivity index (χ0v) is 23.8. The molecule has 1 fully saturated rings. The molecule has 2 atom stereocenters. The number of fused-ring (bicyclic) bond motifs is 1. The van der Waals surface area contributed by atoms with Crippen LogP contribution in [0.3, 0.4) is 0 Å². The number of thioether (sulfide) groups is 1. The summed E-state index contributed by atoms with van der Waals surface area (Å²) in [6.07, 6.45) is 3.22. The number of thiazole rings is 1. The van der Waals surface area contributed by atoms with Crippen molar-refractivity contribution < 1.29 is 38.1 Å². The Balaban J connectivity index is 1.48. The Hall–Kier alpha value is -4.02. The van der Waals surface area contributed by atoms with Gasteiger partial charge < -0.3 is 30.3 Å². The number of β-lactam (4-membered cyclic amide) rings is 1. The van der Waals surface area contributed by atoms with Gasteiger partial charge in [-0.3, -0.25) is 19.3 Å². The Morgan fingerprint density at radius 2 is 2.10 bits per heavy atom. The minimum absolute atomic E-state index is 0.0697. The van der Waals surface area contributed by atoms with Crippen molar-refractivity contribution in [3.63, 3.8) is 0 Å². The Labute approximate surface area is 237 Å². The predicted octanol–water partition coefficient (Wildman–Crippen LogP) is -0.434. The molecule has 2 unspecified atom stereocenters. The summed E-state index contributed by atoms with van der Waals surface area (Å²) in [5.74, 6) is -1.72. The molecule has 1 saturated heterocycles. The first-order valence-corrected chi connectivity index (χ1v) is 13.8. The Morgan fingerprint density at radius 1 is 1.32 bits per heavy atom. The van der Waals surface area contributed by atoms with Crippen molar-refractivity contribution in [2.75, 3.05) is 46.4 Å². The van der Waals surface area contributed by atoms with Gasteiger partial charge in [0.2, 0.25) is 0 Å². The number of esters is 1. The van der Waals surface area contributed by atoms with Gasteiger partial charge in [0.15, 0.2) is 23.2 Å². The summed E-state index contributed by atoms with van der Waals surface area (Å²) in [6.45, 7) is -0.0778. The third-order valence-corrected chi connectivity index (χ3v) is 7.88. The van der Waals surface area contributed by atoms with E-state index in [-0.39, 0.29) is 41.5 Å². The SMILES string of the molecule is COCC1=C(C(=O)OC[n+]2cccc(C(=O)N(C)C)c2)N2C(=O)C(NC(=O)C(=NOC)c3csc(N)n3)C2SC1. The lowest BCUT2D eigenvalue weighted by Gasteiger charge is -2.49. The standard InChI is InChI=1S/C24H27N7O7S2/c1-29(2)20(33)13-6-5-7-30(8-13)12-38-23(35)18-14(9-36-3)10-39-22-17(21(34)31(18)22)27-19(32)16(28-37-4)15-11-40-24(25)26-15/h5-8,11,17,22H,9-10,12H2,1-4H3,(H2-,25,26,27,32)/p+1. The molecule has 0 saturated carbocycles. The van der Waals surface area contributed by atoms with Crippen LogP contribution < -0.4 is 15.6 Å². The number of oxime groups is 1. The maximum absolute atomic E-state index is 13.3. The van der Waals surface area contributed by atoms with Crippen LogP contribution in [0.4, 0.5) is 5.13 Å². The van der Waals surface area contributed by atoms with Crippen molar-refractivity contribution in [3.05, 3.63) is 52.4 Å². The van der Waals surface area contributed by atoms with E-state index in [1.807, 2.05) is 0 Å². The van der Waals surface area contributed by atoms with Crippen molar-refractivity contribution in [1.82, 2.24) is 20.1 Å². The number of amides is 3. The lowest BCUT2D eigenvalue weighted by atomic mass is 10.0. The molecule has 3 amide bonds. The molecule has 0 radical (unpaired) electrons. The van der Waals surface area contributed by atoms with Crippen molar-refractivity contribution >= 4 is 57.6 Å². The number of nitrogens with two attached hydrogens (primary N) is 1. The van der Waals surface area contributed by atoms with Crippen LogP contribution in [0.5, 0.6) is 0 Å². The van der Waals surface area contributed by atoms with Crippen LogP contribution in [0, 0.1) is 0 Å². The Kier molecular flexibility index (Phi) is 9.01. The van der Waals surface area contributed by atoms with Gasteiger partial charge in [0.05, 0.1) is 6.61 Å². The average molecular weight is 591 g/mol. The average Bonchev–Trinajstić information content (AvgIpc) is 3.38. The highest BCUT2D eigenvalue weighted by atomic mass is 32.2. The zero-order valence-electron chi connectivity index (χ0n) is 22.2. The molecule has 0 aromatic carbocycles. The van der Waals surface area contributed by atoms with Gasteiger partial charge in [0.1, 0.15) is 35.5 Å². The highest BCUT2D eigenvalue weighted by Crippen LogP contribution is 2.40. The number of nitrogens with one attached hydrogen (secondary N) is 1. The van der Waals surface area contributed by atoms with Crippen LogP contribution in [0.1, 0.15) is 16.1 Å². The van der Waals surface area contributed by atoms with Gasteiger partial charge in [0, 0.05) is 38.4 Å². The van der Waals surface area contributed by atoms with Crippen molar-refractivity contribution in [3.8, 4) is 0 Å². The topological polar surface area (TPSA) is 170 Å². The van der Waals surface area contributed by atoms with Gasteiger partial charge >= 0.3 is 5.97 Å².